The molecule has 5 rings (SSSR count). The summed E-state index contributed by atoms with van der Waals surface area (Å²) in [6.45, 7) is 6.82. The quantitative estimate of drug-likeness (QED) is 0.425. The highest BCUT2D eigenvalue weighted by Gasteiger charge is 2.45. The summed E-state index contributed by atoms with van der Waals surface area (Å²) in [4.78, 5) is 20.2. The van der Waals surface area contributed by atoms with Crippen LogP contribution in [0.2, 0.25) is 0 Å². The van der Waals surface area contributed by atoms with Gasteiger partial charge in [0.2, 0.25) is 5.90 Å². The maximum absolute atomic E-state index is 13.4. The van der Waals surface area contributed by atoms with Crippen LogP contribution in [0.3, 0.4) is 0 Å². The Morgan fingerprint density at radius 1 is 0.917 bits per heavy atom. The molecule has 6 heteroatoms. The van der Waals surface area contributed by atoms with Crippen molar-refractivity contribution in [1.29, 1.82) is 0 Å². The van der Waals surface area contributed by atoms with Crippen LogP contribution in [0.1, 0.15) is 38.8 Å². The van der Waals surface area contributed by atoms with Gasteiger partial charge in [-0.3, -0.25) is 4.90 Å². The van der Waals surface area contributed by atoms with Crippen molar-refractivity contribution >= 4 is 30.5 Å². The molecule has 2 heterocycles. The second kappa shape index (κ2) is 10.4. The molecule has 1 saturated heterocycles. The molecule has 5 nitrogen and oxygen atoms in total. The van der Waals surface area contributed by atoms with Crippen molar-refractivity contribution in [1.82, 2.24) is 4.90 Å². The van der Waals surface area contributed by atoms with Gasteiger partial charge >= 0.3 is 6.09 Å². The molecule has 3 atom stereocenters. The minimum absolute atomic E-state index is 0.0505. The summed E-state index contributed by atoms with van der Waals surface area (Å²) < 4.78 is 12.0. The first-order valence-electron chi connectivity index (χ1n) is 12.5. The van der Waals surface area contributed by atoms with Gasteiger partial charge < -0.3 is 9.47 Å². The highest BCUT2D eigenvalue weighted by atomic mass is 31.1. The van der Waals surface area contributed by atoms with Crippen LogP contribution < -0.4 is 10.6 Å². The third-order valence-electron chi connectivity index (χ3n) is 6.48. The molecule has 3 aromatic carbocycles. The molecule has 0 spiro atoms. The van der Waals surface area contributed by atoms with E-state index < -0.39 is 13.5 Å². The largest absolute Gasteiger partial charge is 0.477 e. The summed E-state index contributed by atoms with van der Waals surface area (Å²) in [5.41, 5.74) is 0.805. The van der Waals surface area contributed by atoms with Gasteiger partial charge in [-0.25, -0.2) is 9.79 Å². The molecule has 2 aliphatic heterocycles. The number of aliphatic imine (C=N–C) groups is 1. The molecule has 0 aliphatic carbocycles. The SMILES string of the molecule is CC(C)(C)OC(=O)N1C[C@@H](P(c2ccccc2)c2ccccc2)C[C@H]1C1=N[C@@H](c2ccccc2)CO1. The van der Waals surface area contributed by atoms with Gasteiger partial charge in [-0.1, -0.05) is 91.0 Å². The number of carbonyl (C=O) groups is 1. The molecule has 2 aliphatic rings. The van der Waals surface area contributed by atoms with Crippen molar-refractivity contribution in [3.05, 3.63) is 96.6 Å². The first-order valence-corrected chi connectivity index (χ1v) is 13.9. The zero-order valence-electron chi connectivity index (χ0n) is 21.1. The first kappa shape index (κ1) is 24.5. The molecule has 36 heavy (non-hydrogen) atoms. The van der Waals surface area contributed by atoms with Crippen LogP contribution in [0.5, 0.6) is 0 Å². The van der Waals surface area contributed by atoms with E-state index in [0.29, 0.717) is 19.0 Å². The van der Waals surface area contributed by atoms with Crippen molar-refractivity contribution in [3.8, 4) is 0 Å². The molecule has 0 N–H and O–H groups in total. The van der Waals surface area contributed by atoms with E-state index in [9.17, 15) is 4.79 Å². The van der Waals surface area contributed by atoms with Gasteiger partial charge in [0, 0.05) is 12.2 Å². The zero-order valence-corrected chi connectivity index (χ0v) is 22.0. The van der Waals surface area contributed by atoms with E-state index in [1.807, 2.05) is 43.9 Å². The summed E-state index contributed by atoms with van der Waals surface area (Å²) in [6, 6.07) is 31.2. The number of nitrogens with zero attached hydrogens (tertiary/aromatic N) is 2. The van der Waals surface area contributed by atoms with Crippen LogP contribution in [-0.4, -0.2) is 47.3 Å². The maximum atomic E-state index is 13.4. The molecule has 0 radical (unpaired) electrons. The number of amides is 1. The summed E-state index contributed by atoms with van der Waals surface area (Å²) in [7, 11) is -0.692. The van der Waals surface area contributed by atoms with E-state index in [1.165, 1.54) is 10.6 Å². The topological polar surface area (TPSA) is 51.1 Å². The lowest BCUT2D eigenvalue weighted by Crippen LogP contribution is -2.43. The van der Waals surface area contributed by atoms with Gasteiger partial charge in [0.05, 0.1) is 0 Å². The fourth-order valence-corrected chi connectivity index (χ4v) is 7.80. The number of benzene rings is 3. The Balaban J connectivity index is 1.48. The maximum Gasteiger partial charge on any atom is 0.410 e. The summed E-state index contributed by atoms with van der Waals surface area (Å²) in [5.74, 6) is 0.647. The highest BCUT2D eigenvalue weighted by molar-refractivity contribution is 7.73. The molecule has 0 aromatic heterocycles. The standard InChI is InChI=1S/C30H33N2O3P/c1-30(2,3)35-29(33)32-20-25(36(23-15-9-5-10-16-23)24-17-11-6-12-18-24)19-27(32)28-31-26(21-34-28)22-13-7-4-8-14-22/h4-18,25-27H,19-21H2,1-3H3/t25-,26+,27-/m0/s1. The van der Waals surface area contributed by atoms with Gasteiger partial charge in [0.1, 0.15) is 24.3 Å². The Bertz CT molecular complexity index is 1160. The van der Waals surface area contributed by atoms with Gasteiger partial charge in [-0.05, 0) is 51.3 Å². The van der Waals surface area contributed by atoms with Gasteiger partial charge in [0.15, 0.2) is 0 Å². The van der Waals surface area contributed by atoms with Crippen molar-refractivity contribution in [2.45, 2.75) is 50.5 Å². The Morgan fingerprint density at radius 2 is 1.47 bits per heavy atom. The minimum Gasteiger partial charge on any atom is -0.477 e. The van der Waals surface area contributed by atoms with Crippen LogP contribution in [-0.2, 0) is 9.47 Å². The number of likely N-dealkylation sites (tertiary alicyclic amines) is 1. The molecule has 186 valence electrons. The number of hydrogen-bond acceptors (Lipinski definition) is 4. The smallest absolute Gasteiger partial charge is 0.410 e. The molecule has 0 unspecified atom stereocenters. The first-order chi connectivity index (χ1) is 17.4. The number of carbonyl (C=O) groups excluding carboxylic acids is 1. The second-order valence-electron chi connectivity index (χ2n) is 10.3. The molecule has 3 aromatic rings. The summed E-state index contributed by atoms with van der Waals surface area (Å²) in [5, 5.41) is 2.62. The predicted molar refractivity (Wildman–Crippen MR) is 147 cm³/mol. The van der Waals surface area contributed by atoms with Crippen LogP contribution in [0.4, 0.5) is 4.79 Å². The molecule has 0 saturated carbocycles. The van der Waals surface area contributed by atoms with Crippen LogP contribution in [0.25, 0.3) is 0 Å². The lowest BCUT2D eigenvalue weighted by molar-refractivity contribution is 0.0255. The predicted octanol–water partition coefficient (Wildman–Crippen LogP) is 5.67. The van der Waals surface area contributed by atoms with E-state index in [4.69, 9.17) is 14.5 Å². The highest BCUT2D eigenvalue weighted by Crippen LogP contribution is 2.46. The Hall–Kier alpha value is -3.17. The lowest BCUT2D eigenvalue weighted by Gasteiger charge is -2.28. The molecule has 0 bridgehead atoms. The summed E-state index contributed by atoms with van der Waals surface area (Å²) >= 11 is 0. The number of hydrogen-bond donors (Lipinski definition) is 0. The summed E-state index contributed by atoms with van der Waals surface area (Å²) in [6.07, 6.45) is 0.482. The van der Waals surface area contributed by atoms with Crippen molar-refractivity contribution < 1.29 is 14.3 Å². The zero-order chi connectivity index (χ0) is 25.1. The van der Waals surface area contributed by atoms with Crippen molar-refractivity contribution in [2.75, 3.05) is 13.2 Å². The molecular weight excluding hydrogens is 467 g/mol. The van der Waals surface area contributed by atoms with Crippen molar-refractivity contribution in [2.24, 2.45) is 4.99 Å². The van der Waals surface area contributed by atoms with E-state index >= 15 is 0 Å². The monoisotopic (exact) mass is 500 g/mol. The molecule has 1 amide bonds. The Kier molecular flexibility index (Phi) is 7.11. The van der Waals surface area contributed by atoms with Crippen molar-refractivity contribution in [3.63, 3.8) is 0 Å². The number of rotatable bonds is 5. The normalized spacial score (nSPS) is 21.8. The van der Waals surface area contributed by atoms with Gasteiger partial charge in [0.25, 0.3) is 0 Å². The lowest BCUT2D eigenvalue weighted by atomic mass is 10.1. The van der Waals surface area contributed by atoms with E-state index in [2.05, 4.69) is 72.8 Å². The van der Waals surface area contributed by atoms with Gasteiger partial charge in [-0.2, -0.15) is 0 Å². The molecular formula is C30H33N2O3P. The van der Waals surface area contributed by atoms with E-state index in [-0.39, 0.29) is 23.8 Å². The minimum atomic E-state index is -0.692. The third kappa shape index (κ3) is 5.47. The average molecular weight is 501 g/mol. The van der Waals surface area contributed by atoms with E-state index in [1.54, 1.807) is 0 Å². The third-order valence-corrected chi connectivity index (χ3v) is 9.30. The van der Waals surface area contributed by atoms with Crippen LogP contribution in [0, 0.1) is 0 Å². The second-order valence-corrected chi connectivity index (χ2v) is 12.8. The molecule has 1 fully saturated rings. The van der Waals surface area contributed by atoms with Crippen LogP contribution >= 0.6 is 7.92 Å². The van der Waals surface area contributed by atoms with E-state index in [0.717, 1.165) is 12.0 Å². The van der Waals surface area contributed by atoms with Gasteiger partial charge in [-0.15, -0.1) is 0 Å². The Morgan fingerprint density at radius 3 is 2.03 bits per heavy atom. The number of ether oxygens (including phenoxy) is 2. The fraction of sp³-hybridized carbons (Fsp3) is 0.333. The fourth-order valence-electron chi connectivity index (χ4n) is 4.93. The van der Waals surface area contributed by atoms with Crippen LogP contribution in [0.15, 0.2) is 96.0 Å². The average Bonchev–Trinajstić information content (AvgIpc) is 3.53. The Labute approximate surface area is 214 Å².